The smallest absolute Gasteiger partial charge is 0.128 e. The summed E-state index contributed by atoms with van der Waals surface area (Å²) in [7, 11) is -1.59. The molecule has 126 heteroatoms. The first-order valence-corrected chi connectivity index (χ1v) is 187. The molecule has 0 aliphatic heterocycles. The van der Waals surface area contributed by atoms with Crippen LogP contribution in [0.1, 0.15) is 0 Å². The van der Waals surface area contributed by atoms with Crippen LogP contribution in [0.4, 0.5) is 0 Å². The Hall–Kier alpha value is 33.0. The van der Waals surface area contributed by atoms with Crippen molar-refractivity contribution < 1.29 is 0 Å². The Morgan fingerprint density at radius 3 is 0.244 bits per heavy atom. The first-order chi connectivity index (χ1) is 53.2. The van der Waals surface area contributed by atoms with Gasteiger partial charge in [0.15, 0.2) is 0 Å². The fraction of sp³-hybridized carbons (Fsp3) is 0. The Bertz CT molecular complexity index is 9990. The molecule has 0 atom stereocenters. The number of hydrogen-bond donors (Lipinski definition) is 0. The van der Waals surface area contributed by atoms with Crippen molar-refractivity contribution in [3.8, 4) is 0 Å². The molecule has 0 fully saturated rings. The topological polar surface area (TPSA) is 0 Å². The van der Waals surface area contributed by atoms with Gasteiger partial charge in [0.1, 0.15) is 3.94 Å². The first-order valence-electron chi connectivity index (χ1n) is 21.1. The molecule has 0 bridgehead atoms. The van der Waals surface area contributed by atoms with Crippen LogP contribution in [0.3, 0.4) is 0 Å². The molecule has 0 aromatic heterocycles. The second kappa shape index (κ2) is 50.6. The zero-order valence-electron chi connectivity index (χ0n) is 52.0. The van der Waals surface area contributed by atoms with Crippen LogP contribution in [0, 0.1) is 0 Å². The molecule has 0 aliphatic carbocycles. The second-order valence-electron chi connectivity index (χ2n) is 16.9. The van der Waals surface area contributed by atoms with Crippen LogP contribution in [0.15, 0.2) is 0 Å². The maximum atomic E-state index is 6.29. The Labute approximate surface area is 1130 Å². The summed E-state index contributed by atoms with van der Waals surface area (Å²) in [6.45, 7) is 0. The zero-order valence-corrected chi connectivity index (χ0v) is 155. The average Bonchev–Trinajstić information content (AvgIpc) is 0.673. The highest BCUT2D eigenvalue weighted by molar-refractivity contribution is 9.85. The molecule has 0 radical (unpaired) electrons. The summed E-state index contributed by atoms with van der Waals surface area (Å²) >= 11 is 514. The Morgan fingerprint density at radius 2 is 0.181 bits per heavy atom. The molecular weight excluding hydrogens is 4050 g/mol. The van der Waals surface area contributed by atoms with Crippen molar-refractivity contribution in [1.29, 1.82) is 0 Å². The third kappa shape index (κ3) is 24.7. The Balaban J connectivity index is 8.96. The molecule has 127 heavy (non-hydrogen) atoms. The van der Waals surface area contributed by atoms with Gasteiger partial charge in [-0.15, -0.1) is 0 Å². The van der Waals surface area contributed by atoms with E-state index in [1.54, 1.807) is 0 Å². The molecule has 0 amide bonds. The van der Waals surface area contributed by atoms with Gasteiger partial charge in [0.25, 0.3) is 0 Å². The molecule has 0 aromatic rings. The molecule has 0 saturated heterocycles. The molecular formula is CPS125-. The Morgan fingerprint density at radius 1 is 0.118 bits per heavy atom. The molecule has 0 spiro atoms. The van der Waals surface area contributed by atoms with Gasteiger partial charge in [0, 0.05) is 212 Å². The normalized spacial score (nSPS) is 16.9. The summed E-state index contributed by atoms with van der Waals surface area (Å²) in [5.74, 6) is 0. The first kappa shape index (κ1) is 160. The monoisotopic (exact) mass is 4040 g/mol. The van der Waals surface area contributed by atoms with E-state index in [1.165, 1.54) is 0 Å². The molecule has 0 rings (SSSR count). The molecule has 0 unspecified atom stereocenters. The minimum atomic E-state index is -4.33. The van der Waals surface area contributed by atoms with Crippen LogP contribution in [-0.2, 0) is 1150 Å². The van der Waals surface area contributed by atoms with Crippen molar-refractivity contribution in [1.82, 2.24) is 0 Å². The zero-order chi connectivity index (χ0) is 106. The third-order valence-corrected chi connectivity index (χ3v) is 807. The van der Waals surface area contributed by atoms with E-state index in [0.717, 1.165) is 0 Å². The lowest BCUT2D eigenvalue weighted by atomic mass is 11.9. The van der Waals surface area contributed by atoms with Crippen LogP contribution in [0.5, 0.6) is 0 Å². The second-order valence-corrected chi connectivity index (χ2v) is 446. The summed E-state index contributed by atoms with van der Waals surface area (Å²) in [5, 5.41) is -160. The lowest BCUT2D eigenvalue weighted by molar-refractivity contribution is 4.10. The van der Waals surface area contributed by atoms with Crippen LogP contribution >= 0.6 is 19.6 Å². The maximum absolute atomic E-state index is 6.29. The summed E-state index contributed by atoms with van der Waals surface area (Å²) < 4.78 is -0.0636. The minimum Gasteiger partial charge on any atom is -0.271 e. The van der Waals surface area contributed by atoms with Gasteiger partial charge in [-0.2, -0.15) is 0 Å². The van der Waals surface area contributed by atoms with Crippen molar-refractivity contribution >= 4 is 1170 Å². The molecule has 0 aliphatic rings. The SMILES string of the molecule is S=PC(=S)S(=S)(=S)S(=S)(=S)S(=S)(=S)S(=S)(=S)S(=S)(=S)S(=S)(=S)S(=S)(=S)S(=S)(=S)S(=S)(=S)S(=S)(=S)S(=S)(=S)S(=S)(=S)S(=S)(=S)S(=S)(=S)S(=S)(=S)S(=S)(=S)S(=S)(=S)S(=S)(=S)S(=S)(=S)S(=S)(=S)S(=S)(=S)S(=S)(=S)S(=S)(=S)S(=S)(=S)S(=S)(=S)S(=S)(=S)S(=S)(=S)S(=S)(=S)S(=S)(=S)S(=S)(=S)S(=S)(=S)S(=S)(=S)S(=S)(=S)S(=S)(=S)S(=S)(=S)S(=S)(=S)S(=S)(=S)S(=S)(=S)S(=S)(=S)S(=S)(=S)[S-](=S)=S. The molecule has 760 valence electrons. The largest absolute Gasteiger partial charge is 0.271 e. The van der Waals surface area contributed by atoms with Crippen LogP contribution in [0.2, 0.25) is 0 Å². The summed E-state index contributed by atoms with van der Waals surface area (Å²) in [6.07, 6.45) is -3.24. The lowest BCUT2D eigenvalue weighted by Crippen LogP contribution is -2.41. The van der Waals surface area contributed by atoms with E-state index in [-0.39, 0.29) is 11.3 Å². The van der Waals surface area contributed by atoms with Crippen LogP contribution < -0.4 is 0 Å². The number of thiocarbonyl (C=S) groups is 1. The standard InChI is InChI=1S/CPS125/c3-1(2-4)88(7,8)90(11,12)92(15,16)94(19,20)96(23,24)98(27,28)100(31,32)102(35,36)104(39,40)106(43,44)108(47,48)110(51,52)112(55,56)114(59,60)116(63,64)118(67,68)120(71,72)122(75,76)124(79,80)126(83,84)127(85,86)125(81,82)123(77,78)121(73,74)119(69,70)117(65,66)115(61,62)113(57,58)111(53,54)109(49,50)107(45,46)105(41,42)103(37,38)101(33,34)99(29,30)97(25,26)95(21,22)93(17,18)91(13,14)89(9,10)87(5)6/q-1. The minimum absolute atomic E-state index is 0.0386. The number of hydrogen-bond acceptors (Lipinski definition) is 85. The van der Waals surface area contributed by atoms with Gasteiger partial charge in [0.05, 0.1) is 0 Å². The lowest BCUT2D eigenvalue weighted by Gasteiger charge is -2.37. The van der Waals surface area contributed by atoms with E-state index in [4.69, 9.17) is 941 Å². The predicted molar refractivity (Wildman–Crippen MR) is 933 cm³/mol. The van der Waals surface area contributed by atoms with Crippen molar-refractivity contribution in [3.63, 3.8) is 0 Å². The van der Waals surface area contributed by atoms with E-state index < -0.39 is 216 Å². The Kier molecular flexibility index (Phi) is 63.8. The van der Waals surface area contributed by atoms with Crippen molar-refractivity contribution in [2.24, 2.45) is 0 Å². The number of rotatable bonds is 41. The van der Waals surface area contributed by atoms with Crippen molar-refractivity contribution in [2.45, 2.75) is 0 Å². The van der Waals surface area contributed by atoms with E-state index in [1.807, 2.05) is 0 Å². The van der Waals surface area contributed by atoms with Gasteiger partial charge in [-0.25, -0.2) is 22.4 Å². The average molecular weight is 4050 g/mol. The van der Waals surface area contributed by atoms with Gasteiger partial charge in [-0.1, -0.05) is 51.6 Å². The quantitative estimate of drug-likeness (QED) is 0.0369. The van der Waals surface area contributed by atoms with E-state index in [9.17, 15) is 0 Å². The summed E-state index contributed by atoms with van der Waals surface area (Å²) in [5.41, 5.74) is 0. The fourth-order valence-electron chi connectivity index (χ4n) is 4.09. The molecule has 0 heterocycles. The van der Waals surface area contributed by atoms with E-state index >= 15 is 0 Å². The third-order valence-electron chi connectivity index (χ3n) is 10.2. The summed E-state index contributed by atoms with van der Waals surface area (Å²) in [4.78, 5) is 0. The summed E-state index contributed by atoms with van der Waals surface area (Å²) in [6, 6.07) is 0. The maximum Gasteiger partial charge on any atom is 0.128 e. The molecule has 0 aromatic carbocycles. The van der Waals surface area contributed by atoms with E-state index in [0.29, 0.717) is 0 Å². The molecule has 0 saturated carbocycles. The van der Waals surface area contributed by atoms with Gasteiger partial charge >= 0.3 is 0 Å². The predicted octanol–water partition coefficient (Wildman–Crippen LogP) is 0.934. The molecule has 0 N–H and O–H groups in total. The van der Waals surface area contributed by atoms with Crippen molar-refractivity contribution in [3.05, 3.63) is 0 Å². The van der Waals surface area contributed by atoms with Crippen LogP contribution in [0.25, 0.3) is 0 Å². The fourth-order valence-corrected chi connectivity index (χ4v) is 965. The van der Waals surface area contributed by atoms with Crippen molar-refractivity contribution in [2.75, 3.05) is 0 Å². The highest BCUT2D eigenvalue weighted by atomic mass is 34.6. The van der Waals surface area contributed by atoms with E-state index in [2.05, 4.69) is 0 Å². The van der Waals surface area contributed by atoms with Gasteiger partial charge in [-0.05, 0) is 873 Å². The van der Waals surface area contributed by atoms with Gasteiger partial charge < -0.3 is 0 Å². The van der Waals surface area contributed by atoms with Crippen LogP contribution in [-0.4, -0.2) is 3.94 Å². The van der Waals surface area contributed by atoms with Gasteiger partial charge in [0.2, 0.25) is 0 Å². The highest BCUT2D eigenvalue weighted by Crippen LogP contribution is 2.49. The van der Waals surface area contributed by atoms with Gasteiger partial charge in [-0.3, -0.25) is 7.05 Å². The highest BCUT2D eigenvalue weighted by Gasteiger charge is 2.52. The molecule has 0 nitrogen and oxygen atoms in total.